The molecule has 1 saturated carbocycles. The molecular weight excluding hydrogens is 400 g/mol. The maximum absolute atomic E-state index is 12.8. The van der Waals surface area contributed by atoms with Gasteiger partial charge in [0, 0.05) is 61.6 Å². The van der Waals surface area contributed by atoms with E-state index in [2.05, 4.69) is 29.5 Å². The number of piperazine rings is 1. The molecule has 2 fully saturated rings. The predicted octanol–water partition coefficient (Wildman–Crippen LogP) is 3.93. The second kappa shape index (κ2) is 10.2. The molecule has 0 radical (unpaired) electrons. The first kappa shape index (κ1) is 22.3. The number of rotatable bonds is 5. The lowest BCUT2D eigenvalue weighted by Crippen LogP contribution is -2.50. The fourth-order valence-electron chi connectivity index (χ4n) is 5.08. The van der Waals surface area contributed by atoms with Crippen molar-refractivity contribution in [3.8, 4) is 0 Å². The number of aromatic nitrogens is 2. The zero-order valence-electron chi connectivity index (χ0n) is 19.3. The summed E-state index contributed by atoms with van der Waals surface area (Å²) in [5.41, 5.74) is 4.44. The van der Waals surface area contributed by atoms with Crippen LogP contribution in [0.3, 0.4) is 0 Å². The molecule has 6 nitrogen and oxygen atoms in total. The van der Waals surface area contributed by atoms with E-state index < -0.39 is 0 Å². The Bertz CT molecular complexity index is 965. The smallest absolute Gasteiger partial charge is 0.246 e. The van der Waals surface area contributed by atoms with Crippen molar-refractivity contribution in [2.75, 3.05) is 26.2 Å². The van der Waals surface area contributed by atoms with Gasteiger partial charge in [-0.25, -0.2) is 0 Å². The number of nitrogens with zero attached hydrogens (tertiary/aromatic N) is 4. The number of pyridine rings is 1. The van der Waals surface area contributed by atoms with Gasteiger partial charge >= 0.3 is 0 Å². The van der Waals surface area contributed by atoms with Gasteiger partial charge in [-0.05, 0) is 56.5 Å². The molecular formula is C26H34N4O2. The second-order valence-electron chi connectivity index (χ2n) is 9.03. The maximum atomic E-state index is 12.8. The fourth-order valence-corrected chi connectivity index (χ4v) is 5.08. The van der Waals surface area contributed by atoms with Crippen molar-refractivity contribution in [2.45, 2.75) is 58.4 Å². The van der Waals surface area contributed by atoms with Gasteiger partial charge in [0.2, 0.25) is 11.8 Å². The minimum Gasteiger partial charge on any atom is -0.346 e. The standard InChI is InChI=1S/C26H34N4O2/c1-20-18-22(21(2)30(20)24-9-4-3-5-10-24)11-12-25(31)28-14-16-29(17-15-28)26(32)19-23-8-6-7-13-27-23/h6-8,11-13,18,24H,3-5,9-10,14-17,19H2,1-2H3/b12-11+. The van der Waals surface area contributed by atoms with Gasteiger partial charge in [0.1, 0.15) is 0 Å². The van der Waals surface area contributed by atoms with Gasteiger partial charge in [0.05, 0.1) is 6.42 Å². The Morgan fingerprint density at radius 1 is 1.03 bits per heavy atom. The third-order valence-electron chi connectivity index (χ3n) is 6.87. The van der Waals surface area contributed by atoms with Crippen molar-refractivity contribution in [3.05, 3.63) is 59.2 Å². The molecule has 0 atom stereocenters. The van der Waals surface area contributed by atoms with Crippen molar-refractivity contribution in [1.82, 2.24) is 19.4 Å². The summed E-state index contributed by atoms with van der Waals surface area (Å²) in [4.78, 5) is 33.2. The first-order valence-corrected chi connectivity index (χ1v) is 11.9. The van der Waals surface area contributed by atoms with E-state index in [1.165, 1.54) is 43.5 Å². The largest absolute Gasteiger partial charge is 0.346 e. The molecule has 0 N–H and O–H groups in total. The number of amides is 2. The molecule has 170 valence electrons. The number of aryl methyl sites for hydroxylation is 1. The van der Waals surface area contributed by atoms with Crippen LogP contribution < -0.4 is 0 Å². The summed E-state index contributed by atoms with van der Waals surface area (Å²) in [5, 5.41) is 0. The average molecular weight is 435 g/mol. The molecule has 6 heteroatoms. The Morgan fingerprint density at radius 2 is 1.75 bits per heavy atom. The van der Waals surface area contributed by atoms with Gasteiger partial charge in [-0.15, -0.1) is 0 Å². The Morgan fingerprint density at radius 3 is 2.44 bits per heavy atom. The molecule has 1 saturated heterocycles. The molecule has 2 amide bonds. The van der Waals surface area contributed by atoms with Crippen molar-refractivity contribution < 1.29 is 9.59 Å². The molecule has 32 heavy (non-hydrogen) atoms. The molecule has 1 aliphatic heterocycles. The molecule has 2 aromatic heterocycles. The van der Waals surface area contributed by atoms with Crippen LogP contribution in [0.15, 0.2) is 36.5 Å². The summed E-state index contributed by atoms with van der Waals surface area (Å²) in [6, 6.07) is 8.40. The van der Waals surface area contributed by atoms with Crippen LogP contribution in [0.5, 0.6) is 0 Å². The van der Waals surface area contributed by atoms with Gasteiger partial charge in [-0.3, -0.25) is 14.6 Å². The van der Waals surface area contributed by atoms with Gasteiger partial charge < -0.3 is 14.4 Å². The summed E-state index contributed by atoms with van der Waals surface area (Å²) in [7, 11) is 0. The summed E-state index contributed by atoms with van der Waals surface area (Å²) in [6.07, 6.45) is 12.1. The van der Waals surface area contributed by atoms with Crippen LogP contribution >= 0.6 is 0 Å². The molecule has 4 rings (SSSR count). The van der Waals surface area contributed by atoms with Crippen molar-refractivity contribution in [2.24, 2.45) is 0 Å². The average Bonchev–Trinajstić information content (AvgIpc) is 3.11. The van der Waals surface area contributed by atoms with Gasteiger partial charge in [-0.2, -0.15) is 0 Å². The van der Waals surface area contributed by atoms with E-state index in [4.69, 9.17) is 0 Å². The molecule has 0 aromatic carbocycles. The van der Waals surface area contributed by atoms with Gasteiger partial charge in [0.15, 0.2) is 0 Å². The van der Waals surface area contributed by atoms with E-state index in [-0.39, 0.29) is 11.8 Å². The fraction of sp³-hybridized carbons (Fsp3) is 0.500. The van der Waals surface area contributed by atoms with E-state index in [1.807, 2.05) is 34.1 Å². The first-order valence-electron chi connectivity index (χ1n) is 11.9. The third-order valence-corrected chi connectivity index (χ3v) is 6.87. The van der Waals surface area contributed by atoms with E-state index in [9.17, 15) is 9.59 Å². The molecule has 3 heterocycles. The summed E-state index contributed by atoms with van der Waals surface area (Å²) in [6.45, 7) is 6.61. The van der Waals surface area contributed by atoms with Crippen LogP contribution in [-0.4, -0.2) is 57.3 Å². The highest BCUT2D eigenvalue weighted by Gasteiger charge is 2.24. The zero-order valence-corrected chi connectivity index (χ0v) is 19.3. The highest BCUT2D eigenvalue weighted by atomic mass is 16.2. The van der Waals surface area contributed by atoms with Crippen LogP contribution in [0.25, 0.3) is 6.08 Å². The number of carbonyl (C=O) groups excluding carboxylic acids is 2. The third kappa shape index (κ3) is 5.12. The monoisotopic (exact) mass is 434 g/mol. The Balaban J connectivity index is 1.32. The predicted molar refractivity (Wildman–Crippen MR) is 126 cm³/mol. The number of hydrogen-bond acceptors (Lipinski definition) is 3. The molecule has 2 aliphatic rings. The first-order chi connectivity index (χ1) is 15.5. The molecule has 0 unspecified atom stereocenters. The maximum Gasteiger partial charge on any atom is 0.246 e. The topological polar surface area (TPSA) is 58.4 Å². The van der Waals surface area contributed by atoms with Crippen LogP contribution in [0.4, 0.5) is 0 Å². The Hall–Kier alpha value is -2.89. The minimum absolute atomic E-state index is 0.0179. The molecule has 0 bridgehead atoms. The Kier molecular flexibility index (Phi) is 7.08. The van der Waals surface area contributed by atoms with E-state index in [0.29, 0.717) is 38.6 Å². The van der Waals surface area contributed by atoms with E-state index in [1.54, 1.807) is 12.3 Å². The van der Waals surface area contributed by atoms with Crippen molar-refractivity contribution in [3.63, 3.8) is 0 Å². The van der Waals surface area contributed by atoms with Gasteiger partial charge in [0.25, 0.3) is 0 Å². The van der Waals surface area contributed by atoms with Crippen molar-refractivity contribution in [1.29, 1.82) is 0 Å². The number of hydrogen-bond donors (Lipinski definition) is 0. The molecule has 1 aliphatic carbocycles. The summed E-state index contributed by atoms with van der Waals surface area (Å²) >= 11 is 0. The lowest BCUT2D eigenvalue weighted by molar-refractivity contribution is -0.136. The van der Waals surface area contributed by atoms with Crippen LogP contribution in [0.2, 0.25) is 0 Å². The van der Waals surface area contributed by atoms with E-state index in [0.717, 1.165) is 11.3 Å². The Labute approximate surface area is 190 Å². The van der Waals surface area contributed by atoms with Crippen LogP contribution in [0.1, 0.15) is 60.8 Å². The normalized spacial score (nSPS) is 17.8. The van der Waals surface area contributed by atoms with Crippen molar-refractivity contribution >= 4 is 17.9 Å². The van der Waals surface area contributed by atoms with Crippen LogP contribution in [0, 0.1) is 13.8 Å². The quantitative estimate of drug-likeness (QED) is 0.670. The molecule has 0 spiro atoms. The summed E-state index contributed by atoms with van der Waals surface area (Å²) in [5.74, 6) is 0.0887. The lowest BCUT2D eigenvalue weighted by Gasteiger charge is -2.34. The number of carbonyl (C=O) groups is 2. The highest BCUT2D eigenvalue weighted by molar-refractivity contribution is 5.92. The van der Waals surface area contributed by atoms with Gasteiger partial charge in [-0.1, -0.05) is 25.3 Å². The second-order valence-corrected chi connectivity index (χ2v) is 9.03. The zero-order chi connectivity index (χ0) is 22.5. The van der Waals surface area contributed by atoms with Crippen LogP contribution in [-0.2, 0) is 16.0 Å². The summed E-state index contributed by atoms with van der Waals surface area (Å²) < 4.78 is 2.47. The van der Waals surface area contributed by atoms with E-state index >= 15 is 0 Å². The highest BCUT2D eigenvalue weighted by Crippen LogP contribution is 2.32. The molecule has 2 aromatic rings. The minimum atomic E-state index is 0.0179. The SMILES string of the molecule is Cc1cc(/C=C/C(=O)N2CCN(C(=O)Cc3ccccn3)CC2)c(C)n1C1CCCCC1. The lowest BCUT2D eigenvalue weighted by atomic mass is 9.95.